The van der Waals surface area contributed by atoms with E-state index in [1.807, 2.05) is 6.07 Å². The molecule has 0 bridgehead atoms. The van der Waals surface area contributed by atoms with Gasteiger partial charge in [-0.15, -0.1) is 0 Å². The molecule has 0 aliphatic carbocycles. The van der Waals surface area contributed by atoms with Crippen LogP contribution in [-0.2, 0) is 10.0 Å². The first-order chi connectivity index (χ1) is 10.6. The summed E-state index contributed by atoms with van der Waals surface area (Å²) in [5.41, 5.74) is 0. The Hall–Kier alpha value is -0.910. The van der Waals surface area contributed by atoms with Gasteiger partial charge in [0, 0.05) is 19.1 Å². The van der Waals surface area contributed by atoms with Gasteiger partial charge in [-0.2, -0.15) is 4.31 Å². The van der Waals surface area contributed by atoms with Crippen molar-refractivity contribution in [3.63, 3.8) is 0 Å². The minimum absolute atomic E-state index is 0.417. The van der Waals surface area contributed by atoms with Gasteiger partial charge in [-0.05, 0) is 56.8 Å². The lowest BCUT2D eigenvalue weighted by molar-refractivity contribution is 0.101. The Kier molecular flexibility index (Phi) is 4.85. The van der Waals surface area contributed by atoms with Crippen LogP contribution in [0.1, 0.15) is 32.6 Å². The Morgan fingerprint density at radius 1 is 0.909 bits per heavy atom. The maximum Gasteiger partial charge on any atom is 0.243 e. The third kappa shape index (κ3) is 3.36. The number of rotatable bonds is 3. The zero-order valence-electron chi connectivity index (χ0n) is 13.3. The minimum Gasteiger partial charge on any atom is -0.300 e. The largest absolute Gasteiger partial charge is 0.300 e. The molecule has 0 saturated carbocycles. The van der Waals surface area contributed by atoms with Crippen molar-refractivity contribution in [3.8, 4) is 0 Å². The summed E-state index contributed by atoms with van der Waals surface area (Å²) in [5, 5.41) is 0. The van der Waals surface area contributed by atoms with Crippen molar-refractivity contribution in [3.05, 3.63) is 30.3 Å². The monoisotopic (exact) mass is 322 g/mol. The number of likely N-dealkylation sites (tertiary alicyclic amines) is 1. The molecule has 2 fully saturated rings. The van der Waals surface area contributed by atoms with E-state index in [0.29, 0.717) is 24.0 Å². The molecule has 0 atom stereocenters. The molecule has 5 heteroatoms. The molecule has 1 aromatic carbocycles. The average molecular weight is 322 g/mol. The summed E-state index contributed by atoms with van der Waals surface area (Å²) < 4.78 is 26.9. The third-order valence-electron chi connectivity index (χ3n) is 5.14. The zero-order valence-corrected chi connectivity index (χ0v) is 14.1. The van der Waals surface area contributed by atoms with Crippen LogP contribution in [0.5, 0.6) is 0 Å². The number of nitrogens with zero attached hydrogens (tertiary/aromatic N) is 2. The van der Waals surface area contributed by atoms with Gasteiger partial charge < -0.3 is 4.90 Å². The van der Waals surface area contributed by atoms with Crippen molar-refractivity contribution in [1.82, 2.24) is 9.21 Å². The Morgan fingerprint density at radius 3 is 2.09 bits per heavy atom. The predicted octanol–water partition coefficient (Wildman–Crippen LogP) is 2.57. The van der Waals surface area contributed by atoms with E-state index in [4.69, 9.17) is 0 Å². The molecule has 4 nitrogen and oxygen atoms in total. The lowest BCUT2D eigenvalue weighted by atomic mass is 9.95. The van der Waals surface area contributed by atoms with Crippen molar-refractivity contribution in [2.45, 2.75) is 43.5 Å². The van der Waals surface area contributed by atoms with Crippen LogP contribution in [0.2, 0.25) is 0 Å². The molecule has 1 aromatic rings. The molecule has 2 aliphatic heterocycles. The highest BCUT2D eigenvalue weighted by molar-refractivity contribution is 7.89. The Bertz CT molecular complexity index is 572. The fourth-order valence-electron chi connectivity index (χ4n) is 3.58. The second-order valence-electron chi connectivity index (χ2n) is 6.67. The van der Waals surface area contributed by atoms with Crippen LogP contribution in [0.3, 0.4) is 0 Å². The fourth-order valence-corrected chi connectivity index (χ4v) is 5.07. The van der Waals surface area contributed by atoms with Gasteiger partial charge in [-0.3, -0.25) is 0 Å². The first-order valence-electron chi connectivity index (χ1n) is 8.36. The Morgan fingerprint density at radius 2 is 1.50 bits per heavy atom. The van der Waals surface area contributed by atoms with Crippen LogP contribution >= 0.6 is 0 Å². The van der Waals surface area contributed by atoms with Gasteiger partial charge in [0.15, 0.2) is 0 Å². The lowest BCUT2D eigenvalue weighted by Gasteiger charge is -2.41. The van der Waals surface area contributed by atoms with Crippen LogP contribution in [0.15, 0.2) is 35.2 Å². The van der Waals surface area contributed by atoms with Gasteiger partial charge in [-0.25, -0.2) is 8.42 Å². The maximum absolute atomic E-state index is 12.6. The van der Waals surface area contributed by atoms with Gasteiger partial charge in [0.2, 0.25) is 10.0 Å². The molecule has 3 rings (SSSR count). The predicted molar refractivity (Wildman–Crippen MR) is 88.2 cm³/mol. The third-order valence-corrected chi connectivity index (χ3v) is 7.05. The van der Waals surface area contributed by atoms with Crippen LogP contribution in [-0.4, -0.2) is 49.8 Å². The van der Waals surface area contributed by atoms with Crippen molar-refractivity contribution in [1.29, 1.82) is 0 Å². The normalized spacial score (nSPS) is 23.7. The summed E-state index contributed by atoms with van der Waals surface area (Å²) in [6, 6.07) is 9.36. The average Bonchev–Trinajstić information content (AvgIpc) is 2.56. The summed E-state index contributed by atoms with van der Waals surface area (Å²) in [5.74, 6) is 0.842. The van der Waals surface area contributed by atoms with Crippen LogP contribution in [0.25, 0.3) is 0 Å². The lowest BCUT2D eigenvalue weighted by Crippen LogP contribution is -2.48. The zero-order chi connectivity index (χ0) is 15.6. The maximum atomic E-state index is 12.6. The molecule has 0 unspecified atom stereocenters. The number of hydrogen-bond acceptors (Lipinski definition) is 3. The van der Waals surface area contributed by atoms with Gasteiger partial charge in [0.05, 0.1) is 4.90 Å². The SMILES string of the molecule is CC1CCN(C2CCN(S(=O)(=O)c3ccccc3)CC2)CC1. The van der Waals surface area contributed by atoms with Crippen LogP contribution < -0.4 is 0 Å². The van der Waals surface area contributed by atoms with E-state index in [2.05, 4.69) is 11.8 Å². The van der Waals surface area contributed by atoms with E-state index < -0.39 is 10.0 Å². The van der Waals surface area contributed by atoms with Gasteiger partial charge in [0.25, 0.3) is 0 Å². The molecule has 2 aliphatic rings. The standard InChI is InChI=1S/C17H26N2O2S/c1-15-7-11-18(12-8-15)16-9-13-19(14-10-16)22(20,21)17-5-3-2-4-6-17/h2-6,15-16H,7-14H2,1H3. The highest BCUT2D eigenvalue weighted by Crippen LogP contribution is 2.26. The molecule has 0 radical (unpaired) electrons. The number of piperidine rings is 2. The number of hydrogen-bond donors (Lipinski definition) is 0. The molecule has 22 heavy (non-hydrogen) atoms. The van der Waals surface area contributed by atoms with Crippen molar-refractivity contribution in [2.75, 3.05) is 26.2 Å². The summed E-state index contributed by atoms with van der Waals surface area (Å²) >= 11 is 0. The van der Waals surface area contributed by atoms with Gasteiger partial charge in [0.1, 0.15) is 0 Å². The molecular formula is C17H26N2O2S. The Labute approximate surface area is 134 Å². The van der Waals surface area contributed by atoms with E-state index in [1.54, 1.807) is 28.6 Å². The molecule has 0 aromatic heterocycles. The smallest absolute Gasteiger partial charge is 0.243 e. The minimum atomic E-state index is -3.31. The molecule has 0 N–H and O–H groups in total. The van der Waals surface area contributed by atoms with Gasteiger partial charge >= 0.3 is 0 Å². The van der Waals surface area contributed by atoms with E-state index in [0.717, 1.165) is 18.8 Å². The first kappa shape index (κ1) is 16.0. The second-order valence-corrected chi connectivity index (χ2v) is 8.60. The highest BCUT2D eigenvalue weighted by atomic mass is 32.2. The number of benzene rings is 1. The van der Waals surface area contributed by atoms with Crippen molar-refractivity contribution in [2.24, 2.45) is 5.92 Å². The number of sulfonamides is 1. The van der Waals surface area contributed by atoms with E-state index in [-0.39, 0.29) is 0 Å². The van der Waals surface area contributed by atoms with Crippen molar-refractivity contribution >= 4 is 10.0 Å². The Balaban J connectivity index is 1.60. The van der Waals surface area contributed by atoms with Crippen molar-refractivity contribution < 1.29 is 8.42 Å². The molecule has 122 valence electrons. The summed E-state index contributed by atoms with van der Waals surface area (Å²) in [6.45, 7) is 5.98. The van der Waals surface area contributed by atoms with E-state index >= 15 is 0 Å². The van der Waals surface area contributed by atoms with Crippen LogP contribution in [0.4, 0.5) is 0 Å². The molecular weight excluding hydrogens is 296 g/mol. The van der Waals surface area contributed by atoms with E-state index in [9.17, 15) is 8.42 Å². The van der Waals surface area contributed by atoms with E-state index in [1.165, 1.54) is 25.9 Å². The summed E-state index contributed by atoms with van der Waals surface area (Å²) in [7, 11) is -3.31. The molecule has 2 heterocycles. The highest BCUT2D eigenvalue weighted by Gasteiger charge is 2.32. The molecule has 0 amide bonds. The molecule has 2 saturated heterocycles. The first-order valence-corrected chi connectivity index (χ1v) is 9.80. The summed E-state index contributed by atoms with van der Waals surface area (Å²) in [6.07, 6.45) is 4.48. The topological polar surface area (TPSA) is 40.6 Å². The fraction of sp³-hybridized carbons (Fsp3) is 0.647. The van der Waals surface area contributed by atoms with Gasteiger partial charge in [-0.1, -0.05) is 25.1 Å². The second kappa shape index (κ2) is 6.69. The molecule has 0 spiro atoms. The summed E-state index contributed by atoms with van der Waals surface area (Å²) in [4.78, 5) is 2.99. The van der Waals surface area contributed by atoms with Crippen LogP contribution in [0, 0.1) is 5.92 Å². The quantitative estimate of drug-likeness (QED) is 0.859.